The van der Waals surface area contributed by atoms with Gasteiger partial charge in [-0.2, -0.15) is 0 Å². The second kappa shape index (κ2) is 4.98. The van der Waals surface area contributed by atoms with E-state index in [1.165, 1.54) is 5.56 Å². The third-order valence-corrected chi connectivity index (χ3v) is 3.93. The van der Waals surface area contributed by atoms with E-state index in [9.17, 15) is 4.39 Å². The highest BCUT2D eigenvalue weighted by atomic mass is 19.1. The van der Waals surface area contributed by atoms with E-state index in [2.05, 4.69) is 18.0 Å². The van der Waals surface area contributed by atoms with Crippen LogP contribution in [0.1, 0.15) is 37.4 Å². The van der Waals surface area contributed by atoms with Crippen LogP contribution in [0.15, 0.2) is 24.3 Å². The minimum absolute atomic E-state index is 0.376. The van der Waals surface area contributed by atoms with Crippen molar-refractivity contribution in [3.63, 3.8) is 0 Å². The largest absolute Gasteiger partial charge is 0.330 e. The standard InChI is InChI=1S/C15H23FN2/c1-15(2,16)13-6-4-5-12(8-13)14-7-11(9-17)10-18(14)3/h4-6,8,11,14H,7,9-10,17H2,1-3H3. The summed E-state index contributed by atoms with van der Waals surface area (Å²) in [7, 11) is 2.12. The molecule has 1 saturated heterocycles. The third kappa shape index (κ3) is 2.73. The lowest BCUT2D eigenvalue weighted by atomic mass is 9.93. The molecular formula is C15H23FN2. The van der Waals surface area contributed by atoms with Crippen molar-refractivity contribution in [3.05, 3.63) is 35.4 Å². The van der Waals surface area contributed by atoms with Crippen molar-refractivity contribution in [1.29, 1.82) is 0 Å². The zero-order valence-electron chi connectivity index (χ0n) is 11.5. The van der Waals surface area contributed by atoms with Crippen molar-refractivity contribution in [2.45, 2.75) is 32.0 Å². The normalized spacial score (nSPS) is 25.6. The quantitative estimate of drug-likeness (QED) is 0.894. The summed E-state index contributed by atoms with van der Waals surface area (Å²) in [6.07, 6.45) is 1.07. The van der Waals surface area contributed by atoms with E-state index in [1.54, 1.807) is 13.8 Å². The van der Waals surface area contributed by atoms with Gasteiger partial charge in [0.1, 0.15) is 5.67 Å². The molecule has 0 radical (unpaired) electrons. The van der Waals surface area contributed by atoms with Crippen LogP contribution in [-0.4, -0.2) is 25.0 Å². The summed E-state index contributed by atoms with van der Waals surface area (Å²) in [6.45, 7) is 4.97. The Hall–Kier alpha value is -0.930. The van der Waals surface area contributed by atoms with E-state index in [-0.39, 0.29) is 0 Å². The van der Waals surface area contributed by atoms with Gasteiger partial charge in [-0.25, -0.2) is 4.39 Å². The molecule has 100 valence electrons. The fraction of sp³-hybridized carbons (Fsp3) is 0.600. The molecule has 1 aliphatic rings. The van der Waals surface area contributed by atoms with Gasteiger partial charge in [0.15, 0.2) is 0 Å². The van der Waals surface area contributed by atoms with Crippen molar-refractivity contribution in [3.8, 4) is 0 Å². The topological polar surface area (TPSA) is 29.3 Å². The first-order valence-electron chi connectivity index (χ1n) is 6.61. The second-order valence-corrected chi connectivity index (χ2v) is 5.89. The molecule has 0 saturated carbocycles. The fourth-order valence-electron chi connectivity index (χ4n) is 2.78. The van der Waals surface area contributed by atoms with Crippen LogP contribution in [0.3, 0.4) is 0 Å². The molecule has 2 N–H and O–H groups in total. The Labute approximate surface area is 109 Å². The van der Waals surface area contributed by atoms with E-state index >= 15 is 0 Å². The first kappa shape index (κ1) is 13.5. The van der Waals surface area contributed by atoms with Gasteiger partial charge in [0.2, 0.25) is 0 Å². The number of hydrogen-bond acceptors (Lipinski definition) is 2. The summed E-state index contributed by atoms with van der Waals surface area (Å²) in [4.78, 5) is 2.32. The molecule has 1 aromatic carbocycles. The Kier molecular flexibility index (Phi) is 3.74. The van der Waals surface area contributed by atoms with Crippen LogP contribution >= 0.6 is 0 Å². The molecule has 1 heterocycles. The summed E-state index contributed by atoms with van der Waals surface area (Å²) in [5.74, 6) is 0.557. The van der Waals surface area contributed by atoms with Crippen LogP contribution in [0.5, 0.6) is 0 Å². The average molecular weight is 250 g/mol. The molecular weight excluding hydrogens is 227 g/mol. The second-order valence-electron chi connectivity index (χ2n) is 5.89. The Bertz CT molecular complexity index is 411. The highest BCUT2D eigenvalue weighted by Gasteiger charge is 2.30. The molecule has 2 nitrogen and oxygen atoms in total. The minimum atomic E-state index is -1.28. The number of nitrogens with two attached hydrogens (primary N) is 1. The van der Waals surface area contributed by atoms with Gasteiger partial charge in [0.25, 0.3) is 0 Å². The molecule has 0 aromatic heterocycles. The maximum atomic E-state index is 14.0. The molecule has 0 aliphatic carbocycles. The molecule has 1 fully saturated rings. The Balaban J connectivity index is 2.24. The lowest BCUT2D eigenvalue weighted by Gasteiger charge is -2.22. The number of nitrogens with zero attached hydrogens (tertiary/aromatic N) is 1. The maximum absolute atomic E-state index is 14.0. The van der Waals surface area contributed by atoms with Gasteiger partial charge in [0, 0.05) is 12.6 Å². The number of benzene rings is 1. The Morgan fingerprint density at radius 1 is 1.44 bits per heavy atom. The van der Waals surface area contributed by atoms with E-state index in [0.29, 0.717) is 12.0 Å². The van der Waals surface area contributed by atoms with Crippen molar-refractivity contribution in [2.75, 3.05) is 20.1 Å². The van der Waals surface area contributed by atoms with E-state index in [0.717, 1.165) is 25.1 Å². The van der Waals surface area contributed by atoms with Crippen LogP contribution < -0.4 is 5.73 Å². The molecule has 1 aliphatic heterocycles. The number of hydrogen-bond donors (Lipinski definition) is 1. The number of rotatable bonds is 3. The molecule has 1 aromatic rings. The smallest absolute Gasteiger partial charge is 0.130 e. The zero-order chi connectivity index (χ0) is 13.3. The SMILES string of the molecule is CN1CC(CN)CC1c1cccc(C(C)(C)F)c1. The minimum Gasteiger partial charge on any atom is -0.330 e. The zero-order valence-corrected chi connectivity index (χ0v) is 11.5. The summed E-state index contributed by atoms with van der Waals surface area (Å²) >= 11 is 0. The first-order valence-corrected chi connectivity index (χ1v) is 6.61. The number of halogens is 1. The van der Waals surface area contributed by atoms with Gasteiger partial charge in [-0.15, -0.1) is 0 Å². The van der Waals surface area contributed by atoms with Crippen LogP contribution in [0, 0.1) is 5.92 Å². The lowest BCUT2D eigenvalue weighted by Crippen LogP contribution is -2.21. The summed E-state index contributed by atoms with van der Waals surface area (Å²) in [5.41, 5.74) is 6.43. The summed E-state index contributed by atoms with van der Waals surface area (Å²) in [5, 5.41) is 0. The highest BCUT2D eigenvalue weighted by molar-refractivity contribution is 5.30. The van der Waals surface area contributed by atoms with Gasteiger partial charge >= 0.3 is 0 Å². The first-order chi connectivity index (χ1) is 8.41. The van der Waals surface area contributed by atoms with Gasteiger partial charge in [0.05, 0.1) is 0 Å². The van der Waals surface area contributed by atoms with Crippen LogP contribution in [-0.2, 0) is 5.67 Å². The Morgan fingerprint density at radius 3 is 2.72 bits per heavy atom. The molecule has 18 heavy (non-hydrogen) atoms. The van der Waals surface area contributed by atoms with E-state index in [1.807, 2.05) is 18.2 Å². The monoisotopic (exact) mass is 250 g/mol. The van der Waals surface area contributed by atoms with Crippen molar-refractivity contribution >= 4 is 0 Å². The predicted octanol–water partition coefficient (Wildman–Crippen LogP) is 2.84. The molecule has 3 heteroatoms. The van der Waals surface area contributed by atoms with Crippen LogP contribution in [0.25, 0.3) is 0 Å². The summed E-state index contributed by atoms with van der Waals surface area (Å²) in [6, 6.07) is 8.28. The molecule has 0 bridgehead atoms. The molecule has 2 atom stereocenters. The fourth-order valence-corrected chi connectivity index (χ4v) is 2.78. The van der Waals surface area contributed by atoms with Gasteiger partial charge in [-0.05, 0) is 50.9 Å². The van der Waals surface area contributed by atoms with Crippen molar-refractivity contribution in [2.24, 2.45) is 11.7 Å². The van der Waals surface area contributed by atoms with Crippen LogP contribution in [0.4, 0.5) is 4.39 Å². The molecule has 0 amide bonds. The van der Waals surface area contributed by atoms with Gasteiger partial charge in [-0.1, -0.05) is 24.3 Å². The Morgan fingerprint density at radius 2 is 2.17 bits per heavy atom. The van der Waals surface area contributed by atoms with Crippen molar-refractivity contribution < 1.29 is 4.39 Å². The lowest BCUT2D eigenvalue weighted by molar-refractivity contribution is 0.221. The van der Waals surface area contributed by atoms with Gasteiger partial charge < -0.3 is 5.73 Å². The average Bonchev–Trinajstić information content (AvgIpc) is 2.70. The summed E-state index contributed by atoms with van der Waals surface area (Å²) < 4.78 is 14.0. The third-order valence-electron chi connectivity index (χ3n) is 3.93. The highest BCUT2D eigenvalue weighted by Crippen LogP contribution is 2.35. The van der Waals surface area contributed by atoms with E-state index < -0.39 is 5.67 Å². The van der Waals surface area contributed by atoms with Gasteiger partial charge in [-0.3, -0.25) is 4.90 Å². The predicted molar refractivity (Wildman–Crippen MR) is 73.1 cm³/mol. The number of alkyl halides is 1. The molecule has 2 unspecified atom stereocenters. The number of likely N-dealkylation sites (tertiary alicyclic amines) is 1. The van der Waals surface area contributed by atoms with E-state index in [4.69, 9.17) is 5.73 Å². The molecule has 0 spiro atoms. The molecule has 2 rings (SSSR count). The van der Waals surface area contributed by atoms with Crippen LogP contribution in [0.2, 0.25) is 0 Å². The van der Waals surface area contributed by atoms with Crippen molar-refractivity contribution in [1.82, 2.24) is 4.90 Å². The maximum Gasteiger partial charge on any atom is 0.130 e.